The summed E-state index contributed by atoms with van der Waals surface area (Å²) in [5.74, 6) is 0.0945. The van der Waals surface area contributed by atoms with E-state index in [2.05, 4.69) is 0 Å². The first-order chi connectivity index (χ1) is 8.72. The molecule has 1 heterocycles. The van der Waals surface area contributed by atoms with E-state index in [4.69, 9.17) is 4.74 Å². The third kappa shape index (κ3) is 2.96. The number of Topliss-reactive ketones (excluding diaryl/α,β-unsaturated/α-hetero) is 2. The summed E-state index contributed by atoms with van der Waals surface area (Å²) in [4.78, 5) is 36.9. The van der Waals surface area contributed by atoms with Crippen LogP contribution in [0.2, 0.25) is 0 Å². The highest BCUT2D eigenvalue weighted by Crippen LogP contribution is 2.42. The van der Waals surface area contributed by atoms with Gasteiger partial charge in [0.15, 0.2) is 0 Å². The predicted octanol–water partition coefficient (Wildman–Crippen LogP) is 1.94. The molecule has 0 aromatic carbocycles. The summed E-state index contributed by atoms with van der Waals surface area (Å²) in [6.07, 6.45) is 1.26. The van der Waals surface area contributed by atoms with Crippen molar-refractivity contribution < 1.29 is 19.1 Å². The fourth-order valence-corrected chi connectivity index (χ4v) is 2.80. The van der Waals surface area contributed by atoms with E-state index in [1.165, 1.54) is 0 Å². The van der Waals surface area contributed by atoms with Crippen LogP contribution in [0.3, 0.4) is 0 Å². The lowest BCUT2D eigenvalue weighted by molar-refractivity contribution is -0.128. The zero-order valence-corrected chi connectivity index (χ0v) is 11.8. The van der Waals surface area contributed by atoms with Crippen molar-refractivity contribution >= 4 is 17.7 Å². The van der Waals surface area contributed by atoms with E-state index in [1.807, 2.05) is 20.8 Å². The third-order valence-electron chi connectivity index (χ3n) is 3.86. The van der Waals surface area contributed by atoms with Gasteiger partial charge in [0, 0.05) is 24.9 Å². The van der Waals surface area contributed by atoms with Gasteiger partial charge in [-0.15, -0.1) is 0 Å². The fourth-order valence-electron chi connectivity index (χ4n) is 2.80. The monoisotopic (exact) mass is 267 g/mol. The minimum atomic E-state index is -0.509. The first-order valence-electron chi connectivity index (χ1n) is 6.75. The molecule has 2 rings (SSSR count). The minimum Gasteiger partial charge on any atom is -0.444 e. The first-order valence-corrected chi connectivity index (χ1v) is 6.75. The molecule has 1 amide bonds. The van der Waals surface area contributed by atoms with Crippen molar-refractivity contribution in [3.8, 4) is 0 Å². The molecule has 2 aliphatic rings. The van der Waals surface area contributed by atoms with Crippen molar-refractivity contribution in [2.75, 3.05) is 13.1 Å². The van der Waals surface area contributed by atoms with Crippen molar-refractivity contribution in [2.24, 2.45) is 5.41 Å². The third-order valence-corrected chi connectivity index (χ3v) is 3.86. The van der Waals surface area contributed by atoms with Crippen LogP contribution >= 0.6 is 0 Å². The second-order valence-corrected chi connectivity index (χ2v) is 6.56. The van der Waals surface area contributed by atoms with Crippen LogP contribution in [0.25, 0.3) is 0 Å². The number of likely N-dealkylation sites (tertiary alicyclic amines) is 1. The van der Waals surface area contributed by atoms with Crippen LogP contribution in [0.15, 0.2) is 0 Å². The van der Waals surface area contributed by atoms with Gasteiger partial charge >= 0.3 is 6.09 Å². The van der Waals surface area contributed by atoms with Crippen LogP contribution < -0.4 is 0 Å². The van der Waals surface area contributed by atoms with Crippen molar-refractivity contribution in [1.29, 1.82) is 0 Å². The molecule has 106 valence electrons. The smallest absolute Gasteiger partial charge is 0.410 e. The molecule has 0 radical (unpaired) electrons. The number of ether oxygens (including phenoxy) is 1. The van der Waals surface area contributed by atoms with Crippen molar-refractivity contribution in [3.63, 3.8) is 0 Å². The van der Waals surface area contributed by atoms with Crippen LogP contribution in [0.4, 0.5) is 4.79 Å². The van der Waals surface area contributed by atoms with E-state index in [9.17, 15) is 14.4 Å². The number of nitrogens with zero attached hydrogens (tertiary/aromatic N) is 1. The Morgan fingerprint density at radius 2 is 1.79 bits per heavy atom. The van der Waals surface area contributed by atoms with Gasteiger partial charge in [-0.25, -0.2) is 4.79 Å². The highest BCUT2D eigenvalue weighted by atomic mass is 16.6. The molecule has 0 atom stereocenters. The molecule has 5 heteroatoms. The molecule has 1 aliphatic heterocycles. The number of piperidine rings is 1. The maximum atomic E-state index is 11.9. The van der Waals surface area contributed by atoms with Gasteiger partial charge in [0.25, 0.3) is 0 Å². The Morgan fingerprint density at radius 3 is 2.21 bits per heavy atom. The highest BCUT2D eigenvalue weighted by molar-refractivity contribution is 6.09. The highest BCUT2D eigenvalue weighted by Gasteiger charge is 2.48. The number of carbonyl (C=O) groups is 3. The second-order valence-electron chi connectivity index (χ2n) is 6.56. The Bertz CT molecular complexity index is 414. The molecule has 0 bridgehead atoms. The molecular weight excluding hydrogens is 246 g/mol. The van der Waals surface area contributed by atoms with E-state index >= 15 is 0 Å². The quantitative estimate of drug-likeness (QED) is 0.629. The number of carbonyl (C=O) groups excluding carboxylic acids is 3. The number of ketones is 2. The maximum absolute atomic E-state index is 11.9. The Morgan fingerprint density at radius 1 is 1.21 bits per heavy atom. The average Bonchev–Trinajstić information content (AvgIpc) is 2.52. The predicted molar refractivity (Wildman–Crippen MR) is 68.7 cm³/mol. The summed E-state index contributed by atoms with van der Waals surface area (Å²) < 4.78 is 5.31. The van der Waals surface area contributed by atoms with Crippen LogP contribution in [0.5, 0.6) is 0 Å². The fraction of sp³-hybridized carbons (Fsp3) is 0.786. The summed E-state index contributed by atoms with van der Waals surface area (Å²) >= 11 is 0. The largest absolute Gasteiger partial charge is 0.444 e. The minimum absolute atomic E-state index is 0.0377. The van der Waals surface area contributed by atoms with Gasteiger partial charge in [-0.05, 0) is 33.6 Å². The molecule has 0 aromatic rings. The first kappa shape index (κ1) is 14.0. The molecule has 19 heavy (non-hydrogen) atoms. The summed E-state index contributed by atoms with van der Waals surface area (Å²) in [7, 11) is 0. The molecule has 0 aromatic heterocycles. The van der Waals surface area contributed by atoms with Gasteiger partial charge in [-0.1, -0.05) is 0 Å². The zero-order valence-electron chi connectivity index (χ0n) is 11.8. The molecule has 2 fully saturated rings. The number of rotatable bonds is 0. The van der Waals surface area contributed by atoms with Crippen LogP contribution in [-0.2, 0) is 14.3 Å². The van der Waals surface area contributed by atoms with Gasteiger partial charge < -0.3 is 9.64 Å². The molecule has 1 spiro atoms. The second kappa shape index (κ2) is 4.62. The number of hydrogen-bond donors (Lipinski definition) is 0. The Balaban J connectivity index is 1.94. The molecule has 0 N–H and O–H groups in total. The van der Waals surface area contributed by atoms with E-state index < -0.39 is 11.0 Å². The zero-order chi connectivity index (χ0) is 14.3. The summed E-state index contributed by atoms with van der Waals surface area (Å²) in [5, 5.41) is 0. The van der Waals surface area contributed by atoms with E-state index in [-0.39, 0.29) is 24.1 Å². The lowest BCUT2D eigenvalue weighted by Gasteiger charge is -2.38. The van der Waals surface area contributed by atoms with Crippen LogP contribution in [0.1, 0.15) is 46.5 Å². The SMILES string of the molecule is CC(C)(C)OC(=O)N1CCC2(CC1)CC(=O)CC2=O. The maximum Gasteiger partial charge on any atom is 0.410 e. The number of amides is 1. The molecule has 1 saturated carbocycles. The lowest BCUT2D eigenvalue weighted by Crippen LogP contribution is -2.46. The molecule has 1 saturated heterocycles. The van der Waals surface area contributed by atoms with Gasteiger partial charge in [0.1, 0.15) is 17.2 Å². The molecular formula is C14H21NO4. The summed E-state index contributed by atoms with van der Waals surface area (Å²) in [6, 6.07) is 0. The molecule has 1 aliphatic carbocycles. The number of hydrogen-bond acceptors (Lipinski definition) is 4. The van der Waals surface area contributed by atoms with Gasteiger partial charge in [-0.3, -0.25) is 9.59 Å². The van der Waals surface area contributed by atoms with Gasteiger partial charge in [0.2, 0.25) is 0 Å². The van der Waals surface area contributed by atoms with Crippen molar-refractivity contribution in [3.05, 3.63) is 0 Å². The summed E-state index contributed by atoms with van der Waals surface area (Å²) in [5.41, 5.74) is -0.999. The molecule has 5 nitrogen and oxygen atoms in total. The van der Waals surface area contributed by atoms with Crippen molar-refractivity contribution in [2.45, 2.75) is 52.1 Å². The lowest BCUT2D eigenvalue weighted by atomic mass is 9.76. The Kier molecular flexibility index (Phi) is 3.41. The van der Waals surface area contributed by atoms with Crippen LogP contribution in [0, 0.1) is 5.41 Å². The van der Waals surface area contributed by atoms with E-state index in [1.54, 1.807) is 4.90 Å². The Hall–Kier alpha value is -1.39. The summed E-state index contributed by atoms with van der Waals surface area (Å²) in [6.45, 7) is 6.47. The van der Waals surface area contributed by atoms with Gasteiger partial charge in [-0.2, -0.15) is 0 Å². The molecule has 0 unspecified atom stereocenters. The van der Waals surface area contributed by atoms with Crippen LogP contribution in [-0.4, -0.2) is 41.3 Å². The topological polar surface area (TPSA) is 63.7 Å². The Labute approximate surface area is 113 Å². The van der Waals surface area contributed by atoms with E-state index in [0.717, 1.165) is 0 Å². The van der Waals surface area contributed by atoms with Gasteiger partial charge in [0.05, 0.1) is 6.42 Å². The average molecular weight is 267 g/mol. The van der Waals surface area contributed by atoms with Crippen molar-refractivity contribution in [1.82, 2.24) is 4.90 Å². The van der Waals surface area contributed by atoms with E-state index in [0.29, 0.717) is 32.4 Å². The normalized spacial score (nSPS) is 23.0. The standard InChI is InChI=1S/C14H21NO4/c1-13(2,3)19-12(18)15-6-4-14(5-7-15)9-10(16)8-11(14)17/h4-9H2,1-3H3.